The number of carbonyl (C=O) groups excluding carboxylic acids is 1. The molecule has 8 heteroatoms. The number of anilines is 2. The van der Waals surface area contributed by atoms with Gasteiger partial charge in [0.2, 0.25) is 5.91 Å². The smallest absolute Gasteiger partial charge is 0.221 e. The molecule has 1 aliphatic rings. The van der Waals surface area contributed by atoms with E-state index < -0.39 is 0 Å². The number of benzene rings is 1. The van der Waals surface area contributed by atoms with Crippen molar-refractivity contribution in [2.45, 2.75) is 32.9 Å². The van der Waals surface area contributed by atoms with Crippen molar-refractivity contribution in [1.82, 2.24) is 15.3 Å². The summed E-state index contributed by atoms with van der Waals surface area (Å²) in [6, 6.07) is 13.4. The fraction of sp³-hybridized carbons (Fsp3) is 0.261. The minimum absolute atomic E-state index is 0.120. The van der Waals surface area contributed by atoms with Gasteiger partial charge in [-0.2, -0.15) is 0 Å². The van der Waals surface area contributed by atoms with E-state index in [1.54, 1.807) is 13.3 Å². The summed E-state index contributed by atoms with van der Waals surface area (Å²) in [5.41, 5.74) is 5.65. The summed E-state index contributed by atoms with van der Waals surface area (Å²) < 4.78 is 5.42. The molecular weight excluding hydrogens is 410 g/mol. The maximum absolute atomic E-state index is 11.7. The van der Waals surface area contributed by atoms with Crippen LogP contribution in [-0.4, -0.2) is 28.1 Å². The van der Waals surface area contributed by atoms with E-state index in [0.717, 1.165) is 28.3 Å². The first-order chi connectivity index (χ1) is 14.9. The predicted molar refractivity (Wildman–Crippen MR) is 125 cm³/mol. The second-order valence-electron chi connectivity index (χ2n) is 7.60. The second-order valence-corrected chi connectivity index (χ2v) is 7.98. The normalized spacial score (nSPS) is 18.1. The van der Waals surface area contributed by atoms with Crippen LogP contribution in [0.15, 0.2) is 48.7 Å². The maximum Gasteiger partial charge on any atom is 0.221 e. The Balaban J connectivity index is 1.84. The first kappa shape index (κ1) is 20.9. The Morgan fingerprint density at radius 3 is 2.65 bits per heavy atom. The molecule has 1 saturated heterocycles. The second kappa shape index (κ2) is 8.39. The highest BCUT2D eigenvalue weighted by molar-refractivity contribution is 7.80. The minimum Gasteiger partial charge on any atom is -0.495 e. The summed E-state index contributed by atoms with van der Waals surface area (Å²) in [6.07, 6.45) is 1.79. The number of ether oxygens (including phenoxy) is 1. The van der Waals surface area contributed by atoms with Crippen LogP contribution in [0.5, 0.6) is 5.75 Å². The summed E-state index contributed by atoms with van der Waals surface area (Å²) in [5, 5.41) is 6.89. The fourth-order valence-corrected chi connectivity index (χ4v) is 4.48. The Morgan fingerprint density at radius 2 is 2.03 bits per heavy atom. The number of amides is 1. The molecule has 160 valence electrons. The molecule has 31 heavy (non-hydrogen) atoms. The van der Waals surface area contributed by atoms with Gasteiger partial charge in [-0.05, 0) is 68.0 Å². The molecule has 3 aromatic rings. The monoisotopic (exact) mass is 435 g/mol. The summed E-state index contributed by atoms with van der Waals surface area (Å²) in [5.74, 6) is 0.418. The van der Waals surface area contributed by atoms with Gasteiger partial charge in [-0.3, -0.25) is 9.78 Å². The van der Waals surface area contributed by atoms with Gasteiger partial charge < -0.3 is 25.3 Å². The third-order valence-corrected chi connectivity index (χ3v) is 5.69. The lowest BCUT2D eigenvalue weighted by Gasteiger charge is -2.28. The van der Waals surface area contributed by atoms with Crippen LogP contribution < -0.4 is 20.3 Å². The summed E-state index contributed by atoms with van der Waals surface area (Å²) in [7, 11) is 1.58. The molecule has 0 saturated carbocycles. The standard InChI is InChI=1S/C23H25N5O2S/c1-13-11-17(14(2)25-13)22-21(18-7-5-6-10-24-18)27-23(31)28(22)16-8-9-20(30-4)19(12-16)26-15(3)29/h5-12,21-22,25H,1-4H3,(H,26,29)(H,27,31). The molecular formula is C23H25N5O2S. The summed E-state index contributed by atoms with van der Waals surface area (Å²) >= 11 is 5.78. The van der Waals surface area contributed by atoms with E-state index in [1.165, 1.54) is 6.92 Å². The third-order valence-electron chi connectivity index (χ3n) is 5.38. The molecule has 1 fully saturated rings. The lowest BCUT2D eigenvalue weighted by molar-refractivity contribution is -0.114. The third kappa shape index (κ3) is 3.98. The molecule has 3 N–H and O–H groups in total. The van der Waals surface area contributed by atoms with Gasteiger partial charge >= 0.3 is 0 Å². The number of hydrogen-bond donors (Lipinski definition) is 3. The lowest BCUT2D eigenvalue weighted by atomic mass is 9.96. The molecule has 0 radical (unpaired) electrons. The summed E-state index contributed by atoms with van der Waals surface area (Å²) in [4.78, 5) is 21.8. The van der Waals surface area contributed by atoms with Gasteiger partial charge in [-0.1, -0.05) is 6.07 Å². The van der Waals surface area contributed by atoms with E-state index in [9.17, 15) is 4.79 Å². The fourth-order valence-electron chi connectivity index (χ4n) is 4.13. The first-order valence-corrected chi connectivity index (χ1v) is 10.4. The zero-order valence-corrected chi connectivity index (χ0v) is 18.7. The number of carbonyl (C=O) groups is 1. The Hall–Kier alpha value is -3.39. The van der Waals surface area contributed by atoms with Crippen LogP contribution >= 0.6 is 12.2 Å². The van der Waals surface area contributed by atoms with Crippen LogP contribution in [0, 0.1) is 13.8 Å². The molecule has 0 bridgehead atoms. The van der Waals surface area contributed by atoms with Crippen molar-refractivity contribution in [2.24, 2.45) is 0 Å². The van der Waals surface area contributed by atoms with Gasteiger partial charge in [0.15, 0.2) is 5.11 Å². The molecule has 7 nitrogen and oxygen atoms in total. The number of aromatic amines is 1. The van der Waals surface area contributed by atoms with Crippen molar-refractivity contribution < 1.29 is 9.53 Å². The number of methoxy groups -OCH3 is 1. The van der Waals surface area contributed by atoms with Crippen molar-refractivity contribution in [2.75, 3.05) is 17.3 Å². The van der Waals surface area contributed by atoms with Crippen molar-refractivity contribution in [3.63, 3.8) is 0 Å². The molecule has 1 aliphatic heterocycles. The Labute approximate surface area is 186 Å². The highest BCUT2D eigenvalue weighted by Crippen LogP contribution is 2.44. The minimum atomic E-state index is -0.169. The van der Waals surface area contributed by atoms with Crippen LogP contribution in [-0.2, 0) is 4.79 Å². The van der Waals surface area contributed by atoms with Crippen molar-refractivity contribution in [3.8, 4) is 5.75 Å². The molecule has 0 spiro atoms. The average Bonchev–Trinajstić information content (AvgIpc) is 3.26. The summed E-state index contributed by atoms with van der Waals surface area (Å²) in [6.45, 7) is 5.58. The molecule has 3 heterocycles. The van der Waals surface area contributed by atoms with Crippen LogP contribution in [0.4, 0.5) is 11.4 Å². The van der Waals surface area contributed by atoms with E-state index in [2.05, 4.69) is 38.5 Å². The van der Waals surface area contributed by atoms with Gasteiger partial charge in [-0.15, -0.1) is 0 Å². The van der Waals surface area contributed by atoms with E-state index in [0.29, 0.717) is 16.5 Å². The molecule has 1 amide bonds. The van der Waals surface area contributed by atoms with Crippen LogP contribution in [0.3, 0.4) is 0 Å². The SMILES string of the molecule is COc1ccc(N2C(=S)NC(c3ccccn3)C2c2cc(C)[nH]c2C)cc1NC(C)=O. The molecule has 1 aromatic carbocycles. The van der Waals surface area contributed by atoms with Gasteiger partial charge in [0.1, 0.15) is 5.75 Å². The molecule has 2 unspecified atom stereocenters. The highest BCUT2D eigenvalue weighted by Gasteiger charge is 2.42. The Morgan fingerprint density at radius 1 is 1.23 bits per heavy atom. The lowest BCUT2D eigenvalue weighted by Crippen LogP contribution is -2.29. The topological polar surface area (TPSA) is 82.3 Å². The van der Waals surface area contributed by atoms with Gasteiger partial charge in [0.05, 0.1) is 30.6 Å². The van der Waals surface area contributed by atoms with E-state index in [-0.39, 0.29) is 18.0 Å². The number of rotatable bonds is 5. The largest absolute Gasteiger partial charge is 0.495 e. The molecule has 2 aromatic heterocycles. The van der Waals surface area contributed by atoms with Crippen molar-refractivity contribution in [1.29, 1.82) is 0 Å². The number of nitrogens with one attached hydrogen (secondary N) is 3. The van der Waals surface area contributed by atoms with Crippen LogP contribution in [0.25, 0.3) is 0 Å². The number of nitrogens with zero attached hydrogens (tertiary/aromatic N) is 2. The maximum atomic E-state index is 11.7. The van der Waals surface area contributed by atoms with E-state index >= 15 is 0 Å². The molecule has 2 atom stereocenters. The van der Waals surface area contributed by atoms with Crippen molar-refractivity contribution in [3.05, 3.63) is 71.3 Å². The zero-order valence-electron chi connectivity index (χ0n) is 17.9. The number of H-pyrrole nitrogens is 1. The van der Waals surface area contributed by atoms with Gasteiger partial charge in [0, 0.05) is 30.2 Å². The Bertz CT molecular complexity index is 1130. The number of thiocarbonyl (C=S) groups is 1. The Kier molecular flexibility index (Phi) is 5.65. The van der Waals surface area contributed by atoms with E-state index in [4.69, 9.17) is 17.0 Å². The number of pyridine rings is 1. The first-order valence-electron chi connectivity index (χ1n) is 10.0. The number of hydrogen-bond acceptors (Lipinski definition) is 4. The number of aryl methyl sites for hydroxylation is 2. The van der Waals surface area contributed by atoms with E-state index in [1.807, 2.05) is 43.3 Å². The van der Waals surface area contributed by atoms with Crippen molar-refractivity contribution >= 4 is 34.6 Å². The van der Waals surface area contributed by atoms with Gasteiger partial charge in [0.25, 0.3) is 0 Å². The van der Waals surface area contributed by atoms with Crippen LogP contribution in [0.2, 0.25) is 0 Å². The average molecular weight is 436 g/mol. The number of aromatic nitrogens is 2. The molecule has 0 aliphatic carbocycles. The van der Waals surface area contributed by atoms with Gasteiger partial charge in [-0.25, -0.2) is 0 Å². The zero-order chi connectivity index (χ0) is 22.1. The molecule has 4 rings (SSSR count). The quantitative estimate of drug-likeness (QED) is 0.522. The highest BCUT2D eigenvalue weighted by atomic mass is 32.1. The van der Waals surface area contributed by atoms with Crippen LogP contribution in [0.1, 0.15) is 41.7 Å². The predicted octanol–water partition coefficient (Wildman–Crippen LogP) is 4.17.